The summed E-state index contributed by atoms with van der Waals surface area (Å²) in [6.45, 7) is 2.72. The Labute approximate surface area is 221 Å². The van der Waals surface area contributed by atoms with Crippen molar-refractivity contribution in [2.75, 3.05) is 11.9 Å². The second-order valence-electron chi connectivity index (χ2n) is 8.81. The Hall–Kier alpha value is -4.92. The molecule has 1 aliphatic heterocycles. The van der Waals surface area contributed by atoms with Gasteiger partial charge in [-0.15, -0.1) is 0 Å². The molecule has 2 aromatic carbocycles. The summed E-state index contributed by atoms with van der Waals surface area (Å²) in [4.78, 5) is 42.0. The number of Topliss-reactive ketones (excluding diaryl/α,β-unsaturated/α-hetero) is 1. The van der Waals surface area contributed by atoms with E-state index in [1.54, 1.807) is 6.07 Å². The lowest BCUT2D eigenvalue weighted by Crippen LogP contribution is -2.49. The molecule has 1 aliphatic rings. The van der Waals surface area contributed by atoms with E-state index in [2.05, 4.69) is 10.5 Å². The highest BCUT2D eigenvalue weighted by molar-refractivity contribution is 6.06. The van der Waals surface area contributed by atoms with Crippen LogP contribution in [0.1, 0.15) is 52.7 Å². The summed E-state index contributed by atoms with van der Waals surface area (Å²) in [6.07, 6.45) is -3.23. The molecule has 0 bridgehead atoms. The molecule has 1 N–H and O–H groups in total. The average Bonchev–Trinajstić information content (AvgIpc) is 3.42. The normalized spacial score (nSPS) is 15.8. The van der Waals surface area contributed by atoms with Gasteiger partial charge in [0.05, 0.1) is 41.7 Å². The van der Waals surface area contributed by atoms with E-state index >= 15 is 0 Å². The van der Waals surface area contributed by atoms with Crippen LogP contribution in [0.5, 0.6) is 0 Å². The van der Waals surface area contributed by atoms with E-state index in [-0.39, 0.29) is 40.2 Å². The molecule has 3 aromatic rings. The second-order valence-corrected chi connectivity index (χ2v) is 8.81. The number of benzene rings is 2. The fourth-order valence-corrected chi connectivity index (χ4v) is 4.52. The van der Waals surface area contributed by atoms with Crippen molar-refractivity contribution in [2.45, 2.75) is 32.6 Å². The SMILES string of the molecule is CC(=O)C1=C(C)N(c2cccc(C(F)(F)F)c2)C(=O)N(C)C1c1ccc(C#N)cc1C(=O)NCc1ccno1. The first-order valence-corrected chi connectivity index (χ1v) is 11.6. The van der Waals surface area contributed by atoms with Crippen LogP contribution < -0.4 is 10.2 Å². The summed E-state index contributed by atoms with van der Waals surface area (Å²) in [6, 6.07) is 10.3. The first-order valence-electron chi connectivity index (χ1n) is 11.6. The largest absolute Gasteiger partial charge is 0.416 e. The van der Waals surface area contributed by atoms with Crippen LogP contribution in [0.15, 0.2) is 70.5 Å². The van der Waals surface area contributed by atoms with Gasteiger partial charge in [-0.2, -0.15) is 18.4 Å². The van der Waals surface area contributed by atoms with Crippen LogP contribution in [0.3, 0.4) is 0 Å². The molecule has 12 heteroatoms. The maximum absolute atomic E-state index is 13.6. The highest BCUT2D eigenvalue weighted by Crippen LogP contribution is 2.41. The van der Waals surface area contributed by atoms with Gasteiger partial charge in [-0.25, -0.2) is 4.79 Å². The standard InChI is InChI=1S/C27H22F3N5O4/c1-15-23(16(2)36)24(34(3)26(38)35(15)19-6-4-5-18(12-19)27(28,29)30)21-8-7-17(13-31)11-22(21)25(37)32-14-20-9-10-33-39-20/h4-12,24H,14H2,1-3H3,(H,32,37). The number of nitriles is 1. The Morgan fingerprint density at radius 1 is 1.18 bits per heavy atom. The molecule has 0 saturated heterocycles. The number of hydrogen-bond donors (Lipinski definition) is 1. The maximum atomic E-state index is 13.6. The molecule has 0 aliphatic carbocycles. The number of nitrogens with zero attached hydrogens (tertiary/aromatic N) is 4. The predicted octanol–water partition coefficient (Wildman–Crippen LogP) is 4.97. The minimum absolute atomic E-state index is 0.00769. The Morgan fingerprint density at radius 3 is 2.54 bits per heavy atom. The van der Waals surface area contributed by atoms with Crippen LogP contribution in [0.4, 0.5) is 23.7 Å². The third-order valence-corrected chi connectivity index (χ3v) is 6.33. The lowest BCUT2D eigenvalue weighted by Gasteiger charge is -2.41. The van der Waals surface area contributed by atoms with E-state index in [0.717, 1.165) is 17.0 Å². The fourth-order valence-electron chi connectivity index (χ4n) is 4.52. The highest BCUT2D eigenvalue weighted by atomic mass is 19.4. The molecule has 0 fully saturated rings. The fraction of sp³-hybridized carbons (Fsp3) is 0.222. The Kier molecular flexibility index (Phi) is 7.27. The van der Waals surface area contributed by atoms with Gasteiger partial charge in [-0.05, 0) is 49.7 Å². The Balaban J connectivity index is 1.83. The molecule has 1 atom stereocenters. The summed E-state index contributed by atoms with van der Waals surface area (Å²) < 4.78 is 45.1. The number of likely N-dealkylation sites (N-methyl/N-ethyl adjacent to an activating group) is 1. The van der Waals surface area contributed by atoms with Gasteiger partial charge in [0.1, 0.15) is 0 Å². The number of hydrogen-bond acceptors (Lipinski definition) is 6. The minimum Gasteiger partial charge on any atom is -0.360 e. The quantitative estimate of drug-likeness (QED) is 0.474. The number of anilines is 1. The number of rotatable bonds is 6. The zero-order chi connectivity index (χ0) is 28.5. The number of aromatic nitrogens is 1. The van der Waals surface area contributed by atoms with E-state index in [0.29, 0.717) is 5.76 Å². The van der Waals surface area contributed by atoms with Crippen LogP contribution in [-0.2, 0) is 17.5 Å². The van der Waals surface area contributed by atoms with Crippen molar-refractivity contribution in [3.63, 3.8) is 0 Å². The van der Waals surface area contributed by atoms with Gasteiger partial charge in [0.15, 0.2) is 11.5 Å². The first-order chi connectivity index (χ1) is 18.4. The Morgan fingerprint density at radius 2 is 1.92 bits per heavy atom. The van der Waals surface area contributed by atoms with E-state index in [9.17, 15) is 32.8 Å². The number of carbonyl (C=O) groups excluding carboxylic acids is 3. The second kappa shape index (κ2) is 10.4. The molecule has 200 valence electrons. The van der Waals surface area contributed by atoms with Crippen LogP contribution in [0.2, 0.25) is 0 Å². The number of ketones is 1. The first kappa shape index (κ1) is 27.1. The summed E-state index contributed by atoms with van der Waals surface area (Å²) >= 11 is 0. The molecule has 0 spiro atoms. The van der Waals surface area contributed by atoms with Crippen LogP contribution >= 0.6 is 0 Å². The zero-order valence-electron chi connectivity index (χ0n) is 21.0. The van der Waals surface area contributed by atoms with E-state index < -0.39 is 35.5 Å². The lowest BCUT2D eigenvalue weighted by molar-refractivity contribution is -0.137. The van der Waals surface area contributed by atoms with Gasteiger partial charge in [0, 0.05) is 29.9 Å². The van der Waals surface area contributed by atoms with Crippen molar-refractivity contribution < 1.29 is 32.1 Å². The maximum Gasteiger partial charge on any atom is 0.416 e. The van der Waals surface area contributed by atoms with Crippen LogP contribution in [0.25, 0.3) is 0 Å². The van der Waals surface area contributed by atoms with Crippen LogP contribution in [-0.4, -0.2) is 34.8 Å². The van der Waals surface area contributed by atoms with E-state index in [4.69, 9.17) is 4.52 Å². The predicted molar refractivity (Wildman–Crippen MR) is 132 cm³/mol. The highest BCUT2D eigenvalue weighted by Gasteiger charge is 2.41. The van der Waals surface area contributed by atoms with Crippen molar-refractivity contribution in [2.24, 2.45) is 0 Å². The topological polar surface area (TPSA) is 120 Å². The lowest BCUT2D eigenvalue weighted by atomic mass is 9.87. The molecule has 3 amide bonds. The number of nitrogens with one attached hydrogen (secondary N) is 1. The molecule has 2 heterocycles. The molecular weight excluding hydrogens is 515 g/mol. The van der Waals surface area contributed by atoms with Crippen molar-refractivity contribution in [3.8, 4) is 6.07 Å². The summed E-state index contributed by atoms with van der Waals surface area (Å²) in [5, 5.41) is 15.7. The van der Waals surface area contributed by atoms with Gasteiger partial charge in [-0.1, -0.05) is 17.3 Å². The third-order valence-electron chi connectivity index (χ3n) is 6.33. The number of halogens is 3. The van der Waals surface area contributed by atoms with Gasteiger partial charge in [0.25, 0.3) is 5.91 Å². The van der Waals surface area contributed by atoms with Gasteiger partial charge in [-0.3, -0.25) is 14.5 Å². The molecule has 0 saturated carbocycles. The summed E-state index contributed by atoms with van der Waals surface area (Å²) in [5.41, 5.74) is -0.334. The zero-order valence-corrected chi connectivity index (χ0v) is 21.0. The molecule has 1 unspecified atom stereocenters. The smallest absolute Gasteiger partial charge is 0.360 e. The summed E-state index contributed by atoms with van der Waals surface area (Å²) in [7, 11) is 1.39. The van der Waals surface area contributed by atoms with E-state index in [1.165, 1.54) is 62.3 Å². The number of urea groups is 1. The number of allylic oxidation sites excluding steroid dienone is 1. The molecular formula is C27H22F3N5O4. The van der Waals surface area contributed by atoms with E-state index in [1.807, 2.05) is 6.07 Å². The van der Waals surface area contributed by atoms with Crippen molar-refractivity contribution >= 4 is 23.4 Å². The van der Waals surface area contributed by atoms with Crippen molar-refractivity contribution in [3.05, 3.63) is 94.0 Å². The summed E-state index contributed by atoms with van der Waals surface area (Å²) in [5.74, 6) is -0.672. The minimum atomic E-state index is -4.64. The molecule has 39 heavy (non-hydrogen) atoms. The number of alkyl halides is 3. The van der Waals surface area contributed by atoms with Crippen molar-refractivity contribution in [1.82, 2.24) is 15.4 Å². The number of carbonyl (C=O) groups is 3. The van der Waals surface area contributed by atoms with Gasteiger partial charge < -0.3 is 14.7 Å². The molecule has 1 aromatic heterocycles. The van der Waals surface area contributed by atoms with Gasteiger partial charge in [0.2, 0.25) is 0 Å². The average molecular weight is 537 g/mol. The molecule has 9 nitrogen and oxygen atoms in total. The molecule has 4 rings (SSSR count). The van der Waals surface area contributed by atoms with Crippen molar-refractivity contribution in [1.29, 1.82) is 5.26 Å². The van der Waals surface area contributed by atoms with Gasteiger partial charge >= 0.3 is 12.2 Å². The molecule has 0 radical (unpaired) electrons. The van der Waals surface area contributed by atoms with Crippen LogP contribution in [0, 0.1) is 11.3 Å². The Bertz CT molecular complexity index is 1520. The monoisotopic (exact) mass is 537 g/mol. The third kappa shape index (κ3) is 5.24. The number of amides is 3.